The number of hydrogen-bond acceptors (Lipinski definition) is 15. The SMILES string of the molecule is CCCCC/C=C\C/C=C\C/C=C\C/C=C\C/C=C\CCC(=O)O[C@H](COC(=O)CCC/C=C\C/C=C\C/C=C\C/C=C\CCCCC)COP(=O)(O)OC[C@@H](O)COP(=O)(O)OC[C@@H](COC(=O)CCCCCCCCC/C=C\CCCCCC)OC(=O)CC/C=C\C/C=C\C/C=C\C/C=C\C/C=C\CCCCC. The van der Waals surface area contributed by atoms with E-state index in [1.807, 2.05) is 48.6 Å². The van der Waals surface area contributed by atoms with E-state index in [2.05, 4.69) is 161 Å². The highest BCUT2D eigenvalue weighted by atomic mass is 31.2. The number of esters is 4. The fourth-order valence-corrected chi connectivity index (χ4v) is 12.0. The summed E-state index contributed by atoms with van der Waals surface area (Å²) in [4.78, 5) is 73.1. The van der Waals surface area contributed by atoms with Gasteiger partial charge in [-0.25, -0.2) is 9.13 Å². The van der Waals surface area contributed by atoms with Crippen molar-refractivity contribution in [1.29, 1.82) is 0 Å². The number of aliphatic hydroxyl groups is 1. The Kier molecular flexibility index (Phi) is 76.9. The molecule has 0 amide bonds. The predicted octanol–water partition coefficient (Wildman–Crippen LogP) is 25.1. The van der Waals surface area contributed by atoms with Gasteiger partial charge in [0, 0.05) is 25.7 Å². The van der Waals surface area contributed by atoms with Crippen molar-refractivity contribution in [2.45, 2.75) is 329 Å². The van der Waals surface area contributed by atoms with Crippen LogP contribution >= 0.6 is 15.6 Å². The Hall–Kier alpha value is -5.84. The van der Waals surface area contributed by atoms with Gasteiger partial charge in [0.2, 0.25) is 0 Å². The summed E-state index contributed by atoms with van der Waals surface area (Å²) < 4.78 is 68.5. The maximum Gasteiger partial charge on any atom is 0.472 e. The van der Waals surface area contributed by atoms with Crippen LogP contribution < -0.4 is 0 Å². The van der Waals surface area contributed by atoms with Crippen molar-refractivity contribution in [2.24, 2.45) is 0 Å². The fourth-order valence-electron chi connectivity index (χ4n) is 10.4. The third-order valence-electron chi connectivity index (χ3n) is 16.8. The largest absolute Gasteiger partial charge is 0.472 e. The lowest BCUT2D eigenvalue weighted by Gasteiger charge is -2.21. The Balaban J connectivity index is 5.58. The molecule has 110 heavy (non-hydrogen) atoms. The van der Waals surface area contributed by atoms with Crippen LogP contribution in [0.15, 0.2) is 182 Å². The zero-order chi connectivity index (χ0) is 80.3. The second-order valence-electron chi connectivity index (χ2n) is 27.3. The maximum atomic E-state index is 13.1. The molecule has 0 bridgehead atoms. The molecule has 3 N–H and O–H groups in total. The highest BCUT2D eigenvalue weighted by Gasteiger charge is 2.30. The molecule has 624 valence electrons. The Morgan fingerprint density at radius 2 is 0.473 bits per heavy atom. The first kappa shape index (κ1) is 104. The van der Waals surface area contributed by atoms with E-state index >= 15 is 0 Å². The van der Waals surface area contributed by atoms with Crippen LogP contribution in [0.4, 0.5) is 0 Å². The molecule has 0 aliphatic rings. The summed E-state index contributed by atoms with van der Waals surface area (Å²) in [5.74, 6) is -2.45. The number of carbonyl (C=O) groups excluding carboxylic acids is 4. The van der Waals surface area contributed by atoms with Crippen LogP contribution in [0.1, 0.15) is 310 Å². The van der Waals surface area contributed by atoms with Crippen molar-refractivity contribution in [3.05, 3.63) is 182 Å². The van der Waals surface area contributed by atoms with Crippen molar-refractivity contribution in [1.82, 2.24) is 0 Å². The molecule has 17 nitrogen and oxygen atoms in total. The third-order valence-corrected chi connectivity index (χ3v) is 18.7. The molecule has 0 fully saturated rings. The molecule has 0 aromatic heterocycles. The molecular weight excluding hydrogens is 1430 g/mol. The average Bonchev–Trinajstić information content (AvgIpc) is 0.907. The number of hydrogen-bond donors (Lipinski definition) is 3. The van der Waals surface area contributed by atoms with E-state index in [1.165, 1.54) is 83.5 Å². The second-order valence-corrected chi connectivity index (χ2v) is 30.3. The predicted molar refractivity (Wildman–Crippen MR) is 454 cm³/mol. The summed E-state index contributed by atoms with van der Waals surface area (Å²) in [5.41, 5.74) is 0. The highest BCUT2D eigenvalue weighted by molar-refractivity contribution is 7.47. The molecule has 0 aliphatic heterocycles. The Morgan fingerprint density at radius 1 is 0.255 bits per heavy atom. The van der Waals surface area contributed by atoms with Crippen molar-refractivity contribution in [3.63, 3.8) is 0 Å². The number of aliphatic hydroxyl groups excluding tert-OH is 1. The summed E-state index contributed by atoms with van der Waals surface area (Å²) in [6.07, 6.45) is 99.0. The van der Waals surface area contributed by atoms with Gasteiger partial charge in [0.15, 0.2) is 12.2 Å². The third kappa shape index (κ3) is 80.2. The Bertz CT molecular complexity index is 2800. The first-order chi connectivity index (χ1) is 53.7. The molecule has 0 saturated heterocycles. The van der Waals surface area contributed by atoms with Gasteiger partial charge >= 0.3 is 39.5 Å². The van der Waals surface area contributed by atoms with Crippen molar-refractivity contribution in [3.8, 4) is 0 Å². The van der Waals surface area contributed by atoms with Gasteiger partial charge < -0.3 is 33.8 Å². The van der Waals surface area contributed by atoms with E-state index in [1.54, 1.807) is 0 Å². The van der Waals surface area contributed by atoms with Crippen LogP contribution in [0, 0.1) is 0 Å². The molecule has 19 heteroatoms. The van der Waals surface area contributed by atoms with Gasteiger partial charge in [0.25, 0.3) is 0 Å². The van der Waals surface area contributed by atoms with Gasteiger partial charge in [0.1, 0.15) is 19.3 Å². The molecule has 0 aliphatic carbocycles. The second kappa shape index (κ2) is 81.2. The minimum absolute atomic E-state index is 0.0384. The van der Waals surface area contributed by atoms with Crippen molar-refractivity contribution >= 4 is 39.5 Å². The Labute approximate surface area is 666 Å². The fraction of sp³-hybridized carbons (Fsp3) is 0.626. The zero-order valence-corrected chi connectivity index (χ0v) is 70.1. The molecule has 0 spiro atoms. The lowest BCUT2D eigenvalue weighted by atomic mass is 10.1. The van der Waals surface area contributed by atoms with Gasteiger partial charge in [-0.15, -0.1) is 0 Å². The number of carbonyl (C=O) groups is 4. The molecule has 0 radical (unpaired) electrons. The first-order valence-corrected chi connectivity index (χ1v) is 45.0. The number of unbranched alkanes of at least 4 members (excludes halogenated alkanes) is 21. The van der Waals surface area contributed by atoms with E-state index in [9.17, 15) is 43.2 Å². The standard InChI is InChI=1S/C91H148O17P2/c1-5-9-13-17-21-25-29-33-37-40-42-45-49-53-57-61-65-69-73-77-90(95)107-86(81-101-88(93)75-71-67-63-59-55-51-47-36-32-28-24-20-16-12-8-4)83-105-109(97,98)103-79-85(92)80-104-110(99,100)106-84-87(82-102-89(94)76-72-68-64-60-56-52-48-44-39-35-31-27-23-19-15-11-7-3)108-91(96)78-74-70-66-62-58-54-50-46-43-41-38-34-30-26-22-18-14-10-6-2/h21-23,25-28,32-35,37-39,42-43,45-46,48,52-54,57-58,60,64-66,69-70,85-87,92H,5-20,24,29-31,36,40-41,44,47,49-51,55-56,59,61-63,67-68,71-84H2,1-4H3,(H,97,98)(H,99,100)/b25-21-,26-22-,27-23-,32-28-,37-33-,38-34-,39-35-,45-42-,46-43-,52-48-,57-53-,58-54-,64-60-,69-65-,70-66-/t85-,86+,87+/m0/s1. The van der Waals surface area contributed by atoms with Crippen LogP contribution in [0.2, 0.25) is 0 Å². The van der Waals surface area contributed by atoms with Crippen LogP contribution in [0.25, 0.3) is 0 Å². The zero-order valence-electron chi connectivity index (χ0n) is 68.4. The number of ether oxygens (including phenoxy) is 4. The van der Waals surface area contributed by atoms with Crippen LogP contribution in [0.3, 0.4) is 0 Å². The molecule has 0 heterocycles. The minimum Gasteiger partial charge on any atom is -0.462 e. The van der Waals surface area contributed by atoms with Crippen molar-refractivity contribution < 1.29 is 80.2 Å². The smallest absolute Gasteiger partial charge is 0.462 e. The van der Waals surface area contributed by atoms with Crippen LogP contribution in [-0.2, 0) is 65.4 Å². The lowest BCUT2D eigenvalue weighted by Crippen LogP contribution is -2.30. The first-order valence-electron chi connectivity index (χ1n) is 42.0. The van der Waals surface area contributed by atoms with Gasteiger partial charge in [-0.05, 0) is 167 Å². The van der Waals surface area contributed by atoms with Gasteiger partial charge in [-0.3, -0.25) is 37.3 Å². The van der Waals surface area contributed by atoms with Gasteiger partial charge in [0.05, 0.1) is 26.4 Å². The monoisotopic (exact) mass is 1580 g/mol. The summed E-state index contributed by atoms with van der Waals surface area (Å²) in [6.45, 7) is 4.53. The number of phosphoric ester groups is 2. The van der Waals surface area contributed by atoms with Crippen molar-refractivity contribution in [2.75, 3.05) is 39.6 Å². The molecule has 0 aromatic rings. The summed E-state index contributed by atoms with van der Waals surface area (Å²) in [5, 5.41) is 10.7. The number of allylic oxidation sites excluding steroid dienone is 30. The van der Waals surface area contributed by atoms with E-state index in [-0.39, 0.29) is 25.7 Å². The quantitative estimate of drug-likeness (QED) is 0.0169. The van der Waals surface area contributed by atoms with E-state index < -0.39 is 97.5 Å². The normalized spacial score (nSPS) is 14.7. The van der Waals surface area contributed by atoms with E-state index in [0.717, 1.165) is 128 Å². The molecule has 0 rings (SSSR count). The molecule has 0 aromatic carbocycles. The average molecular weight is 1580 g/mol. The van der Waals surface area contributed by atoms with E-state index in [4.69, 9.17) is 37.0 Å². The summed E-state index contributed by atoms with van der Waals surface area (Å²) in [7, 11) is -10.0. The number of phosphoric acid groups is 2. The molecule has 5 atom stereocenters. The molecule has 2 unspecified atom stereocenters. The lowest BCUT2D eigenvalue weighted by molar-refractivity contribution is -0.161. The Morgan fingerprint density at radius 3 is 0.782 bits per heavy atom. The minimum atomic E-state index is -5.03. The maximum absolute atomic E-state index is 13.1. The van der Waals surface area contributed by atoms with Gasteiger partial charge in [-0.2, -0.15) is 0 Å². The summed E-state index contributed by atoms with van der Waals surface area (Å²) in [6, 6.07) is 0. The number of rotatable bonds is 77. The topological polar surface area (TPSA) is 237 Å². The van der Waals surface area contributed by atoms with E-state index in [0.29, 0.717) is 44.9 Å². The highest BCUT2D eigenvalue weighted by Crippen LogP contribution is 2.45. The van der Waals surface area contributed by atoms with Gasteiger partial charge in [-0.1, -0.05) is 300 Å². The molecule has 0 saturated carbocycles. The van der Waals surface area contributed by atoms with Crippen LogP contribution in [-0.4, -0.2) is 96.7 Å². The summed E-state index contributed by atoms with van der Waals surface area (Å²) >= 11 is 0. The molecular formula is C91H148O17P2. The van der Waals surface area contributed by atoms with Crippen LogP contribution in [0.5, 0.6) is 0 Å².